The summed E-state index contributed by atoms with van der Waals surface area (Å²) in [4.78, 5) is 16.4. The van der Waals surface area contributed by atoms with Gasteiger partial charge in [-0.15, -0.1) is 0 Å². The number of pyridine rings is 1. The van der Waals surface area contributed by atoms with Crippen LogP contribution in [0.3, 0.4) is 0 Å². The molecule has 0 bridgehead atoms. The first-order valence-corrected chi connectivity index (χ1v) is 7.10. The average Bonchev–Trinajstić information content (AvgIpc) is 2.46. The summed E-state index contributed by atoms with van der Waals surface area (Å²) in [6, 6.07) is 2.32. The van der Waals surface area contributed by atoms with Gasteiger partial charge >= 0.3 is 0 Å². The maximum Gasteiger partial charge on any atom is 0.289 e. The molecular weight excluding hydrogens is 280 g/mol. The molecule has 0 atom stereocenters. The number of halogens is 1. The molecule has 1 aromatic heterocycles. The minimum Gasteiger partial charge on any atom is -0.355 e. The Labute approximate surface area is 123 Å². The number of nitrogens with zero attached hydrogens (tertiary/aromatic N) is 3. The Balaban J connectivity index is 2.09. The van der Waals surface area contributed by atoms with Gasteiger partial charge < -0.3 is 10.2 Å². The van der Waals surface area contributed by atoms with Crippen molar-refractivity contribution >= 4 is 23.1 Å². The molecule has 0 saturated heterocycles. The summed E-state index contributed by atoms with van der Waals surface area (Å²) in [5.74, 6) is 0.616. The largest absolute Gasteiger partial charge is 0.355 e. The number of rotatable bonds is 4. The fourth-order valence-corrected chi connectivity index (χ4v) is 3.00. The second-order valence-electron chi connectivity index (χ2n) is 5.16. The van der Waals surface area contributed by atoms with Crippen LogP contribution in [-0.4, -0.2) is 36.1 Å². The first kappa shape index (κ1) is 15.0. The lowest BCUT2D eigenvalue weighted by atomic mass is 9.90. The lowest BCUT2D eigenvalue weighted by Crippen LogP contribution is -2.40. The minimum absolute atomic E-state index is 0.0777. The van der Waals surface area contributed by atoms with Crippen LogP contribution >= 0.6 is 11.6 Å². The zero-order valence-electron chi connectivity index (χ0n) is 11.7. The van der Waals surface area contributed by atoms with E-state index in [1.165, 1.54) is 12.3 Å². The van der Waals surface area contributed by atoms with Crippen LogP contribution < -0.4 is 10.2 Å². The van der Waals surface area contributed by atoms with Gasteiger partial charge in [-0.25, -0.2) is 4.98 Å². The van der Waals surface area contributed by atoms with E-state index in [9.17, 15) is 10.1 Å². The topological polar surface area (TPSA) is 71.3 Å². The highest BCUT2D eigenvalue weighted by Crippen LogP contribution is 2.31. The maximum atomic E-state index is 10.7. The van der Waals surface area contributed by atoms with Gasteiger partial charge in [-0.1, -0.05) is 11.6 Å². The van der Waals surface area contributed by atoms with Crippen LogP contribution in [0.5, 0.6) is 0 Å². The zero-order valence-corrected chi connectivity index (χ0v) is 12.4. The van der Waals surface area contributed by atoms with Gasteiger partial charge in [0.25, 0.3) is 5.69 Å². The van der Waals surface area contributed by atoms with Gasteiger partial charge in [0.1, 0.15) is 12.0 Å². The molecule has 0 unspecified atom stereocenters. The van der Waals surface area contributed by atoms with Crippen molar-refractivity contribution < 1.29 is 4.92 Å². The Bertz CT molecular complexity index is 489. The summed E-state index contributed by atoms with van der Waals surface area (Å²) in [5, 5.41) is 14.3. The monoisotopic (exact) mass is 298 g/mol. The lowest BCUT2D eigenvalue weighted by molar-refractivity contribution is -0.385. The highest BCUT2D eigenvalue weighted by molar-refractivity contribution is 6.33. The molecule has 1 aliphatic rings. The molecule has 1 N–H and O–H groups in total. The summed E-state index contributed by atoms with van der Waals surface area (Å²) in [6.45, 7) is 0. The van der Waals surface area contributed by atoms with E-state index in [4.69, 9.17) is 11.6 Å². The Morgan fingerprint density at radius 2 is 2.10 bits per heavy atom. The van der Waals surface area contributed by atoms with E-state index in [0.717, 1.165) is 25.7 Å². The molecule has 7 heteroatoms. The van der Waals surface area contributed by atoms with Crippen LogP contribution in [-0.2, 0) is 0 Å². The predicted octanol–water partition coefficient (Wildman–Crippen LogP) is 2.61. The average molecular weight is 299 g/mol. The molecule has 0 aliphatic heterocycles. The van der Waals surface area contributed by atoms with Crippen molar-refractivity contribution in [3.63, 3.8) is 0 Å². The van der Waals surface area contributed by atoms with Gasteiger partial charge in [0.15, 0.2) is 0 Å². The Morgan fingerprint density at radius 3 is 2.60 bits per heavy atom. The SMILES string of the molecule is CNC1CCC(N(C)c2ncc([N+](=O)[O-])cc2Cl)CC1. The molecule has 1 aromatic rings. The van der Waals surface area contributed by atoms with E-state index in [0.29, 0.717) is 22.9 Å². The molecule has 20 heavy (non-hydrogen) atoms. The quantitative estimate of drug-likeness (QED) is 0.683. The van der Waals surface area contributed by atoms with Crippen molar-refractivity contribution in [3.05, 3.63) is 27.4 Å². The summed E-state index contributed by atoms with van der Waals surface area (Å²) in [5.41, 5.74) is -0.0777. The van der Waals surface area contributed by atoms with Crippen molar-refractivity contribution in [2.45, 2.75) is 37.8 Å². The molecule has 1 fully saturated rings. The van der Waals surface area contributed by atoms with Crippen LogP contribution in [0.1, 0.15) is 25.7 Å². The zero-order chi connectivity index (χ0) is 14.7. The van der Waals surface area contributed by atoms with E-state index >= 15 is 0 Å². The Morgan fingerprint density at radius 1 is 1.45 bits per heavy atom. The third-order valence-corrected chi connectivity index (χ3v) is 4.28. The highest BCUT2D eigenvalue weighted by atomic mass is 35.5. The third-order valence-electron chi connectivity index (χ3n) is 4.00. The van der Waals surface area contributed by atoms with Crippen molar-refractivity contribution in [1.82, 2.24) is 10.3 Å². The number of hydrogen-bond donors (Lipinski definition) is 1. The summed E-state index contributed by atoms with van der Waals surface area (Å²) in [6.07, 6.45) is 5.64. The second kappa shape index (κ2) is 6.37. The van der Waals surface area contributed by atoms with E-state index < -0.39 is 4.92 Å². The molecule has 1 heterocycles. The van der Waals surface area contributed by atoms with E-state index in [1.54, 1.807) is 0 Å². The first-order chi connectivity index (χ1) is 9.52. The second-order valence-corrected chi connectivity index (χ2v) is 5.57. The van der Waals surface area contributed by atoms with Gasteiger partial charge in [-0.2, -0.15) is 0 Å². The molecule has 1 saturated carbocycles. The van der Waals surface area contributed by atoms with Crippen molar-refractivity contribution in [2.75, 3.05) is 19.0 Å². The number of anilines is 1. The molecular formula is C13H19ClN4O2. The lowest BCUT2D eigenvalue weighted by Gasteiger charge is -2.35. The standard InChI is InChI=1S/C13H19ClN4O2/c1-15-9-3-5-10(6-4-9)17(2)13-12(14)7-11(8-16-13)18(19)20/h7-10,15H,3-6H2,1-2H3. The maximum absolute atomic E-state index is 10.7. The van der Waals surface area contributed by atoms with Gasteiger partial charge in [-0.05, 0) is 32.7 Å². The predicted molar refractivity (Wildman–Crippen MR) is 79.4 cm³/mol. The van der Waals surface area contributed by atoms with Gasteiger partial charge in [0, 0.05) is 25.2 Å². The molecule has 0 aromatic carbocycles. The molecule has 2 rings (SSSR count). The third kappa shape index (κ3) is 3.19. The van der Waals surface area contributed by atoms with Gasteiger partial charge in [0.2, 0.25) is 0 Å². The summed E-state index contributed by atoms with van der Waals surface area (Å²) in [7, 11) is 3.94. The molecule has 0 spiro atoms. The molecule has 0 amide bonds. The van der Waals surface area contributed by atoms with Crippen LogP contribution in [0.25, 0.3) is 0 Å². The molecule has 0 radical (unpaired) electrons. The smallest absolute Gasteiger partial charge is 0.289 e. The summed E-state index contributed by atoms with van der Waals surface area (Å²) >= 11 is 6.12. The Hall–Kier alpha value is -1.40. The number of hydrogen-bond acceptors (Lipinski definition) is 5. The fraction of sp³-hybridized carbons (Fsp3) is 0.615. The van der Waals surface area contributed by atoms with E-state index in [1.807, 2.05) is 19.0 Å². The molecule has 6 nitrogen and oxygen atoms in total. The van der Waals surface area contributed by atoms with Crippen LogP contribution in [0.15, 0.2) is 12.3 Å². The van der Waals surface area contributed by atoms with Gasteiger partial charge in [-0.3, -0.25) is 10.1 Å². The minimum atomic E-state index is -0.485. The van der Waals surface area contributed by atoms with Crippen molar-refractivity contribution in [1.29, 1.82) is 0 Å². The molecule has 110 valence electrons. The number of aromatic nitrogens is 1. The van der Waals surface area contributed by atoms with Crippen LogP contribution in [0.2, 0.25) is 5.02 Å². The van der Waals surface area contributed by atoms with Crippen LogP contribution in [0, 0.1) is 10.1 Å². The first-order valence-electron chi connectivity index (χ1n) is 6.73. The van der Waals surface area contributed by atoms with Gasteiger partial charge in [0.05, 0.1) is 9.95 Å². The van der Waals surface area contributed by atoms with E-state index in [-0.39, 0.29) is 5.69 Å². The highest BCUT2D eigenvalue weighted by Gasteiger charge is 2.25. The molecule has 1 aliphatic carbocycles. The Kier molecular flexibility index (Phi) is 4.77. The number of nitro groups is 1. The normalized spacial score (nSPS) is 22.6. The van der Waals surface area contributed by atoms with Crippen molar-refractivity contribution in [3.8, 4) is 0 Å². The van der Waals surface area contributed by atoms with E-state index in [2.05, 4.69) is 10.3 Å². The van der Waals surface area contributed by atoms with Crippen molar-refractivity contribution in [2.24, 2.45) is 0 Å². The van der Waals surface area contributed by atoms with Crippen LogP contribution in [0.4, 0.5) is 11.5 Å². The summed E-state index contributed by atoms with van der Waals surface area (Å²) < 4.78 is 0. The fourth-order valence-electron chi connectivity index (χ4n) is 2.70. The number of nitrogens with one attached hydrogen (secondary N) is 1.